The van der Waals surface area contributed by atoms with E-state index >= 15 is 0 Å². The highest BCUT2D eigenvalue weighted by Crippen LogP contribution is 2.28. The van der Waals surface area contributed by atoms with Crippen LogP contribution in [0.25, 0.3) is 0 Å². The lowest BCUT2D eigenvalue weighted by Gasteiger charge is -2.30. The fourth-order valence-corrected chi connectivity index (χ4v) is 3.42. The van der Waals surface area contributed by atoms with Crippen LogP contribution in [-0.2, 0) is 4.79 Å². The molecule has 3 heteroatoms. The van der Waals surface area contributed by atoms with Gasteiger partial charge in [-0.15, -0.1) is 0 Å². The van der Waals surface area contributed by atoms with Crippen molar-refractivity contribution in [3.63, 3.8) is 0 Å². The number of carbonyl (C=O) groups is 1. The molecule has 98 valence electrons. The van der Waals surface area contributed by atoms with E-state index in [2.05, 4.69) is 12.2 Å². The summed E-state index contributed by atoms with van der Waals surface area (Å²) in [5.74, 6) is 1.11. The van der Waals surface area contributed by atoms with Crippen LogP contribution in [0.4, 0.5) is 0 Å². The smallest absolute Gasteiger partial charge is 0.224 e. The van der Waals surface area contributed by atoms with Crippen molar-refractivity contribution in [1.82, 2.24) is 5.32 Å². The molecule has 2 saturated carbocycles. The molecule has 0 radical (unpaired) electrons. The van der Waals surface area contributed by atoms with E-state index in [-0.39, 0.29) is 17.9 Å². The van der Waals surface area contributed by atoms with Crippen molar-refractivity contribution >= 4 is 5.91 Å². The van der Waals surface area contributed by atoms with Gasteiger partial charge in [-0.3, -0.25) is 4.79 Å². The van der Waals surface area contributed by atoms with Gasteiger partial charge < -0.3 is 11.1 Å². The van der Waals surface area contributed by atoms with Crippen LogP contribution in [0.5, 0.6) is 0 Å². The third-order valence-corrected chi connectivity index (χ3v) is 4.61. The van der Waals surface area contributed by atoms with Crippen molar-refractivity contribution in [3.05, 3.63) is 0 Å². The summed E-state index contributed by atoms with van der Waals surface area (Å²) in [4.78, 5) is 12.1. The molecule has 0 aromatic heterocycles. The zero-order valence-electron chi connectivity index (χ0n) is 11.0. The molecular formula is C14H26N2O. The predicted molar refractivity (Wildman–Crippen MR) is 69.5 cm³/mol. The highest BCUT2D eigenvalue weighted by Gasteiger charge is 2.32. The molecule has 17 heavy (non-hydrogen) atoms. The molecule has 3 N–H and O–H groups in total. The van der Waals surface area contributed by atoms with Crippen LogP contribution in [0.3, 0.4) is 0 Å². The van der Waals surface area contributed by atoms with Crippen LogP contribution in [0, 0.1) is 11.8 Å². The molecule has 0 spiro atoms. The van der Waals surface area contributed by atoms with E-state index < -0.39 is 0 Å². The number of hydrogen-bond acceptors (Lipinski definition) is 2. The van der Waals surface area contributed by atoms with Gasteiger partial charge in [0.15, 0.2) is 0 Å². The lowest BCUT2D eigenvalue weighted by molar-refractivity contribution is -0.126. The summed E-state index contributed by atoms with van der Waals surface area (Å²) in [7, 11) is 0. The Labute approximate surface area is 105 Å². The summed E-state index contributed by atoms with van der Waals surface area (Å²) in [6.07, 6.45) is 9.29. The van der Waals surface area contributed by atoms with Crippen molar-refractivity contribution in [3.8, 4) is 0 Å². The fourth-order valence-electron chi connectivity index (χ4n) is 3.42. The number of amides is 1. The topological polar surface area (TPSA) is 55.1 Å². The fraction of sp³-hybridized carbons (Fsp3) is 0.929. The molecule has 2 fully saturated rings. The van der Waals surface area contributed by atoms with Crippen LogP contribution in [-0.4, -0.2) is 18.0 Å². The molecule has 0 aliphatic heterocycles. The van der Waals surface area contributed by atoms with Crippen LogP contribution in [0.1, 0.15) is 58.3 Å². The summed E-state index contributed by atoms with van der Waals surface area (Å²) in [6.45, 7) is 2.25. The normalized spacial score (nSPS) is 38.0. The molecule has 1 amide bonds. The first kappa shape index (κ1) is 12.9. The van der Waals surface area contributed by atoms with Crippen molar-refractivity contribution < 1.29 is 4.79 Å². The Bertz CT molecular complexity index is 267. The second kappa shape index (κ2) is 5.85. The monoisotopic (exact) mass is 238 g/mol. The quantitative estimate of drug-likeness (QED) is 0.792. The lowest BCUT2D eigenvalue weighted by Crippen LogP contribution is -2.45. The molecule has 0 aromatic rings. The average Bonchev–Trinajstić information content (AvgIpc) is 2.76. The van der Waals surface area contributed by atoms with Crippen molar-refractivity contribution in [2.75, 3.05) is 0 Å². The third-order valence-electron chi connectivity index (χ3n) is 4.61. The Balaban J connectivity index is 1.81. The van der Waals surface area contributed by atoms with Gasteiger partial charge in [-0.2, -0.15) is 0 Å². The summed E-state index contributed by atoms with van der Waals surface area (Å²) in [5, 5.41) is 3.24. The maximum atomic E-state index is 12.1. The van der Waals surface area contributed by atoms with Crippen LogP contribution in [0.2, 0.25) is 0 Å². The number of nitrogens with two attached hydrogens (primary N) is 1. The van der Waals surface area contributed by atoms with Gasteiger partial charge in [0.2, 0.25) is 5.91 Å². The van der Waals surface area contributed by atoms with E-state index in [0.717, 1.165) is 31.6 Å². The molecule has 0 bridgehead atoms. The lowest BCUT2D eigenvalue weighted by atomic mass is 9.84. The van der Waals surface area contributed by atoms with Crippen LogP contribution < -0.4 is 11.1 Å². The first-order valence-corrected chi connectivity index (χ1v) is 7.26. The molecule has 0 saturated heterocycles. The van der Waals surface area contributed by atoms with Gasteiger partial charge in [0.05, 0.1) is 5.92 Å². The minimum Gasteiger partial charge on any atom is -0.353 e. The van der Waals surface area contributed by atoms with Crippen molar-refractivity contribution in [2.24, 2.45) is 17.6 Å². The Hall–Kier alpha value is -0.570. The number of rotatable bonds is 3. The molecule has 4 atom stereocenters. The van der Waals surface area contributed by atoms with Gasteiger partial charge in [-0.05, 0) is 31.6 Å². The van der Waals surface area contributed by atoms with Gasteiger partial charge in [0.1, 0.15) is 0 Å². The van der Waals surface area contributed by atoms with E-state index in [4.69, 9.17) is 5.73 Å². The Morgan fingerprint density at radius 2 is 2.00 bits per heavy atom. The van der Waals surface area contributed by atoms with E-state index in [0.29, 0.717) is 6.04 Å². The van der Waals surface area contributed by atoms with E-state index in [1.54, 1.807) is 0 Å². The van der Waals surface area contributed by atoms with E-state index in [1.807, 2.05) is 0 Å². The summed E-state index contributed by atoms with van der Waals surface area (Å²) >= 11 is 0. The standard InChI is InChI=1S/C14H26N2O/c1-2-10-5-3-6-11(9-10)16-14(17)12-7-4-8-13(12)15/h10-13H,2-9,15H2,1H3,(H,16,17). The van der Waals surface area contributed by atoms with Gasteiger partial charge in [-0.1, -0.05) is 32.6 Å². The van der Waals surface area contributed by atoms with E-state index in [9.17, 15) is 4.79 Å². The number of carbonyl (C=O) groups excluding carboxylic acids is 1. The highest BCUT2D eigenvalue weighted by molar-refractivity contribution is 5.80. The van der Waals surface area contributed by atoms with E-state index in [1.165, 1.54) is 25.7 Å². The minimum atomic E-state index is 0.0806. The van der Waals surface area contributed by atoms with Crippen molar-refractivity contribution in [2.45, 2.75) is 70.4 Å². The number of hydrogen-bond donors (Lipinski definition) is 2. The summed E-state index contributed by atoms with van der Waals surface area (Å²) in [6, 6.07) is 0.509. The first-order chi connectivity index (χ1) is 8.20. The number of nitrogens with one attached hydrogen (secondary N) is 1. The second-order valence-corrected chi connectivity index (χ2v) is 5.85. The Morgan fingerprint density at radius 3 is 2.65 bits per heavy atom. The van der Waals surface area contributed by atoms with Crippen LogP contribution in [0.15, 0.2) is 0 Å². The zero-order chi connectivity index (χ0) is 12.3. The van der Waals surface area contributed by atoms with Crippen LogP contribution >= 0.6 is 0 Å². The third kappa shape index (κ3) is 3.21. The Morgan fingerprint density at radius 1 is 1.24 bits per heavy atom. The summed E-state index contributed by atoms with van der Waals surface area (Å²) in [5.41, 5.74) is 5.98. The largest absolute Gasteiger partial charge is 0.353 e. The van der Waals surface area contributed by atoms with Gasteiger partial charge >= 0.3 is 0 Å². The maximum Gasteiger partial charge on any atom is 0.224 e. The summed E-state index contributed by atoms with van der Waals surface area (Å²) < 4.78 is 0. The molecular weight excluding hydrogens is 212 g/mol. The zero-order valence-corrected chi connectivity index (χ0v) is 11.0. The van der Waals surface area contributed by atoms with Gasteiger partial charge in [0.25, 0.3) is 0 Å². The Kier molecular flexibility index (Phi) is 4.43. The average molecular weight is 238 g/mol. The molecule has 3 nitrogen and oxygen atoms in total. The molecule has 0 heterocycles. The molecule has 2 aliphatic carbocycles. The molecule has 2 rings (SSSR count). The maximum absolute atomic E-state index is 12.1. The predicted octanol–water partition coefficient (Wildman–Crippen LogP) is 2.20. The molecule has 4 unspecified atom stereocenters. The minimum absolute atomic E-state index is 0.0806. The van der Waals surface area contributed by atoms with Crippen molar-refractivity contribution in [1.29, 1.82) is 0 Å². The second-order valence-electron chi connectivity index (χ2n) is 5.85. The molecule has 2 aliphatic rings. The SMILES string of the molecule is CCC1CCCC(NC(=O)C2CCCC2N)C1. The van der Waals surface area contributed by atoms with Gasteiger partial charge in [-0.25, -0.2) is 0 Å². The van der Waals surface area contributed by atoms with Gasteiger partial charge in [0, 0.05) is 12.1 Å². The molecule has 0 aromatic carbocycles. The first-order valence-electron chi connectivity index (χ1n) is 7.26. The highest BCUT2D eigenvalue weighted by atomic mass is 16.2.